The van der Waals surface area contributed by atoms with Crippen LogP contribution < -0.4 is 4.89 Å². The maximum absolute atomic E-state index is 11.2. The molecule has 0 aliphatic rings. The molecule has 0 N–H and O–H groups in total. The molecular formula is C4H6F2O3P-. The highest BCUT2D eigenvalue weighted by Gasteiger charge is 1.96. The van der Waals surface area contributed by atoms with Gasteiger partial charge < -0.3 is 14.0 Å². The monoisotopic (exact) mass is 171 g/mol. The molecule has 1 atom stereocenters. The molecule has 60 valence electrons. The van der Waals surface area contributed by atoms with Crippen molar-refractivity contribution in [2.45, 2.75) is 0 Å². The predicted molar refractivity (Wildman–Crippen MR) is 29.8 cm³/mol. The first-order valence-electron chi connectivity index (χ1n) is 2.36. The normalized spacial score (nSPS) is 16.0. The van der Waals surface area contributed by atoms with Gasteiger partial charge in [-0.05, 0) is 0 Å². The standard InChI is InChI=1S/C4H7F2O3P/c1-10(7,8)9-3-2-4(5)6/h2H,3H2,1H3,(H,7,8)/p-1. The lowest BCUT2D eigenvalue weighted by Gasteiger charge is -2.15. The fourth-order valence-corrected chi connectivity index (χ4v) is 0.581. The van der Waals surface area contributed by atoms with Crippen LogP contribution in [0.1, 0.15) is 0 Å². The molecule has 0 aliphatic carbocycles. The van der Waals surface area contributed by atoms with Crippen LogP contribution in [0.2, 0.25) is 0 Å². The van der Waals surface area contributed by atoms with Gasteiger partial charge >= 0.3 is 0 Å². The molecule has 6 heteroatoms. The lowest BCUT2D eigenvalue weighted by molar-refractivity contribution is -0.195. The molecule has 0 fully saturated rings. The Kier molecular flexibility index (Phi) is 3.71. The van der Waals surface area contributed by atoms with Gasteiger partial charge in [0.25, 0.3) is 6.08 Å². The average molecular weight is 171 g/mol. The van der Waals surface area contributed by atoms with Crippen LogP contribution in [-0.2, 0) is 9.09 Å². The van der Waals surface area contributed by atoms with Crippen molar-refractivity contribution in [1.29, 1.82) is 0 Å². The molecule has 3 nitrogen and oxygen atoms in total. The second-order valence-corrected chi connectivity index (χ2v) is 3.36. The lowest BCUT2D eigenvalue weighted by atomic mass is 10.7. The van der Waals surface area contributed by atoms with E-state index in [-0.39, 0.29) is 0 Å². The van der Waals surface area contributed by atoms with Gasteiger partial charge in [-0.3, -0.25) is 0 Å². The summed E-state index contributed by atoms with van der Waals surface area (Å²) in [5.74, 6) is 0. The molecule has 1 unspecified atom stereocenters. The molecule has 0 bridgehead atoms. The van der Waals surface area contributed by atoms with Crippen molar-refractivity contribution in [2.75, 3.05) is 13.3 Å². The summed E-state index contributed by atoms with van der Waals surface area (Å²) in [7, 11) is -3.85. The first kappa shape index (κ1) is 9.75. The topological polar surface area (TPSA) is 49.4 Å². The predicted octanol–water partition coefficient (Wildman–Crippen LogP) is 0.967. The summed E-state index contributed by atoms with van der Waals surface area (Å²) >= 11 is 0. The van der Waals surface area contributed by atoms with Crippen LogP contribution >= 0.6 is 7.60 Å². The van der Waals surface area contributed by atoms with Crippen molar-refractivity contribution in [2.24, 2.45) is 0 Å². The number of halogens is 2. The van der Waals surface area contributed by atoms with Crippen LogP contribution in [0, 0.1) is 0 Å². The first-order valence-corrected chi connectivity index (χ1v) is 4.35. The molecule has 0 amide bonds. The fourth-order valence-electron chi connectivity index (χ4n) is 0.236. The Morgan fingerprint density at radius 3 is 2.60 bits per heavy atom. The van der Waals surface area contributed by atoms with Crippen molar-refractivity contribution in [3.05, 3.63) is 12.2 Å². The highest BCUT2D eigenvalue weighted by molar-refractivity contribution is 7.50. The van der Waals surface area contributed by atoms with Gasteiger partial charge in [-0.1, -0.05) is 0 Å². The Labute approximate surface area is 56.8 Å². The highest BCUT2D eigenvalue weighted by Crippen LogP contribution is 2.30. The Morgan fingerprint density at radius 1 is 1.80 bits per heavy atom. The molecule has 0 aromatic rings. The maximum Gasteiger partial charge on any atom is 0.268 e. The minimum absolute atomic E-state index is 0.383. The van der Waals surface area contributed by atoms with Gasteiger partial charge in [0.1, 0.15) is 7.60 Å². The smallest absolute Gasteiger partial charge is 0.268 e. The third kappa shape index (κ3) is 7.75. The van der Waals surface area contributed by atoms with Crippen LogP contribution in [0.3, 0.4) is 0 Å². The Hall–Kier alpha value is -0.250. The van der Waals surface area contributed by atoms with E-state index in [2.05, 4.69) is 4.52 Å². The minimum Gasteiger partial charge on any atom is -0.779 e. The van der Waals surface area contributed by atoms with Gasteiger partial charge in [0, 0.05) is 12.7 Å². The summed E-state index contributed by atoms with van der Waals surface area (Å²) in [4.78, 5) is 10.1. The minimum atomic E-state index is -3.85. The molecule has 0 saturated heterocycles. The van der Waals surface area contributed by atoms with Gasteiger partial charge in [0.2, 0.25) is 0 Å². The van der Waals surface area contributed by atoms with E-state index in [0.29, 0.717) is 6.08 Å². The average Bonchev–Trinajstić information content (AvgIpc) is 1.59. The highest BCUT2D eigenvalue weighted by atomic mass is 31.2. The Morgan fingerprint density at radius 2 is 2.30 bits per heavy atom. The van der Waals surface area contributed by atoms with Crippen molar-refractivity contribution in [3.63, 3.8) is 0 Å². The van der Waals surface area contributed by atoms with Crippen molar-refractivity contribution < 1.29 is 22.8 Å². The molecule has 0 aromatic carbocycles. The van der Waals surface area contributed by atoms with Gasteiger partial charge in [0.05, 0.1) is 6.61 Å². The quantitative estimate of drug-likeness (QED) is 0.594. The van der Waals surface area contributed by atoms with Crippen LogP contribution in [0.4, 0.5) is 8.78 Å². The largest absolute Gasteiger partial charge is 0.779 e. The van der Waals surface area contributed by atoms with Crippen molar-refractivity contribution >= 4 is 7.60 Å². The van der Waals surface area contributed by atoms with Gasteiger partial charge in [0.15, 0.2) is 0 Å². The summed E-state index contributed by atoms with van der Waals surface area (Å²) in [5, 5.41) is 0. The van der Waals surface area contributed by atoms with Crippen LogP contribution in [0.25, 0.3) is 0 Å². The van der Waals surface area contributed by atoms with E-state index in [4.69, 9.17) is 0 Å². The third-order valence-electron chi connectivity index (χ3n) is 0.547. The molecular weight excluding hydrogens is 165 g/mol. The second kappa shape index (κ2) is 3.81. The second-order valence-electron chi connectivity index (χ2n) is 1.56. The number of hydrogen-bond donors (Lipinski definition) is 0. The zero-order chi connectivity index (χ0) is 8.20. The number of hydrogen-bond acceptors (Lipinski definition) is 3. The SMILES string of the molecule is CP(=O)([O-])OCC=C(F)F. The van der Waals surface area contributed by atoms with E-state index < -0.39 is 20.3 Å². The van der Waals surface area contributed by atoms with Crippen LogP contribution in [-0.4, -0.2) is 13.3 Å². The Bertz CT molecular complexity index is 169. The van der Waals surface area contributed by atoms with Gasteiger partial charge in [-0.2, -0.15) is 8.78 Å². The fraction of sp³-hybridized carbons (Fsp3) is 0.500. The van der Waals surface area contributed by atoms with E-state index in [1.165, 1.54) is 0 Å². The molecule has 0 aromatic heterocycles. The summed E-state index contributed by atoms with van der Waals surface area (Å²) < 4.78 is 36.5. The third-order valence-corrected chi connectivity index (χ3v) is 1.16. The zero-order valence-corrected chi connectivity index (χ0v) is 6.11. The lowest BCUT2D eigenvalue weighted by Crippen LogP contribution is -2.02. The number of rotatable bonds is 3. The van der Waals surface area contributed by atoms with Gasteiger partial charge in [-0.25, -0.2) is 0 Å². The first-order chi connectivity index (χ1) is 4.42. The van der Waals surface area contributed by atoms with E-state index in [0.717, 1.165) is 6.66 Å². The van der Waals surface area contributed by atoms with Crippen molar-refractivity contribution in [1.82, 2.24) is 0 Å². The van der Waals surface area contributed by atoms with E-state index in [1.54, 1.807) is 0 Å². The molecule has 0 aliphatic heterocycles. The Balaban J connectivity index is 3.58. The van der Waals surface area contributed by atoms with E-state index in [9.17, 15) is 18.2 Å². The molecule has 0 heterocycles. The molecule has 0 spiro atoms. The molecule has 0 rings (SSSR count). The van der Waals surface area contributed by atoms with Crippen LogP contribution in [0.5, 0.6) is 0 Å². The summed E-state index contributed by atoms with van der Waals surface area (Å²) in [5.41, 5.74) is 0. The molecule has 0 saturated carbocycles. The molecule has 0 radical (unpaired) electrons. The van der Waals surface area contributed by atoms with E-state index in [1.807, 2.05) is 0 Å². The van der Waals surface area contributed by atoms with E-state index >= 15 is 0 Å². The summed E-state index contributed by atoms with van der Waals surface area (Å²) in [6.07, 6.45) is -1.57. The van der Waals surface area contributed by atoms with Gasteiger partial charge in [-0.15, -0.1) is 0 Å². The van der Waals surface area contributed by atoms with Crippen molar-refractivity contribution in [3.8, 4) is 0 Å². The molecule has 10 heavy (non-hydrogen) atoms. The summed E-state index contributed by atoms with van der Waals surface area (Å²) in [6, 6.07) is 0. The summed E-state index contributed by atoms with van der Waals surface area (Å²) in [6.45, 7) is 0.219. The maximum atomic E-state index is 11.2. The van der Waals surface area contributed by atoms with Crippen LogP contribution in [0.15, 0.2) is 12.2 Å². The zero-order valence-electron chi connectivity index (χ0n) is 5.21.